The molecule has 1 saturated heterocycles. The monoisotopic (exact) mass is 309 g/mol. The van der Waals surface area contributed by atoms with Gasteiger partial charge in [-0.05, 0) is 12.1 Å². The fourth-order valence-electron chi connectivity index (χ4n) is 2.95. The second-order valence-electron chi connectivity index (χ2n) is 5.55. The number of anilines is 2. The Bertz CT molecular complexity index is 793. The van der Waals surface area contributed by atoms with E-state index in [1.54, 1.807) is 12.5 Å². The van der Waals surface area contributed by atoms with Crippen molar-refractivity contribution in [3.63, 3.8) is 0 Å². The van der Waals surface area contributed by atoms with Gasteiger partial charge in [0, 0.05) is 33.2 Å². The Kier molecular flexibility index (Phi) is 3.64. The molecule has 3 aromatic rings. The normalized spacial score (nSPS) is 15.9. The predicted octanol–water partition coefficient (Wildman–Crippen LogP) is 1.32. The van der Waals surface area contributed by atoms with E-state index in [4.69, 9.17) is 4.98 Å². The molecule has 0 saturated carbocycles. The zero-order valence-electron chi connectivity index (χ0n) is 13.1. The molecule has 0 amide bonds. The highest BCUT2D eigenvalue weighted by atomic mass is 15.7. The first-order valence-electron chi connectivity index (χ1n) is 7.78. The van der Waals surface area contributed by atoms with Crippen LogP contribution in [0.2, 0.25) is 0 Å². The van der Waals surface area contributed by atoms with Crippen LogP contribution in [0.25, 0.3) is 11.2 Å². The molecule has 7 nitrogen and oxygen atoms in total. The molecular weight excluding hydrogens is 290 g/mol. The summed E-state index contributed by atoms with van der Waals surface area (Å²) in [5.41, 5.74) is 2.74. The highest BCUT2D eigenvalue weighted by Crippen LogP contribution is 2.28. The maximum absolute atomic E-state index is 4.77. The molecule has 0 bridgehead atoms. The Labute approximate surface area is 134 Å². The van der Waals surface area contributed by atoms with Crippen molar-refractivity contribution in [2.45, 2.75) is 0 Å². The van der Waals surface area contributed by atoms with Crippen LogP contribution in [0.1, 0.15) is 0 Å². The molecule has 0 aliphatic carbocycles. The predicted molar refractivity (Wildman–Crippen MR) is 89.3 cm³/mol. The van der Waals surface area contributed by atoms with Crippen LogP contribution in [0.3, 0.4) is 0 Å². The summed E-state index contributed by atoms with van der Waals surface area (Å²) < 4.78 is 2.02. The smallest absolute Gasteiger partial charge is 0.227 e. The van der Waals surface area contributed by atoms with Crippen LogP contribution in [-0.2, 0) is 7.05 Å². The third-order valence-electron chi connectivity index (χ3n) is 4.08. The second-order valence-corrected chi connectivity index (χ2v) is 5.55. The van der Waals surface area contributed by atoms with Gasteiger partial charge in [0.2, 0.25) is 5.95 Å². The maximum atomic E-state index is 4.77. The number of hydrogen-bond donors (Lipinski definition) is 1. The number of rotatable bonds is 3. The molecule has 1 aromatic carbocycles. The third kappa shape index (κ3) is 2.54. The summed E-state index contributed by atoms with van der Waals surface area (Å²) in [5.74, 6) is 0.855. The van der Waals surface area contributed by atoms with Gasteiger partial charge in [-0.15, -0.1) is 0 Å². The van der Waals surface area contributed by atoms with E-state index in [-0.39, 0.29) is 0 Å². The van der Waals surface area contributed by atoms with E-state index < -0.39 is 0 Å². The maximum Gasteiger partial charge on any atom is 0.227 e. The van der Waals surface area contributed by atoms with Gasteiger partial charge in [0.1, 0.15) is 11.8 Å². The number of piperazine rings is 1. The van der Waals surface area contributed by atoms with Crippen LogP contribution in [0.15, 0.2) is 42.9 Å². The molecule has 3 heterocycles. The van der Waals surface area contributed by atoms with Crippen LogP contribution in [-0.4, -0.2) is 50.7 Å². The number of nitrogens with zero attached hydrogens (tertiary/aromatic N) is 6. The molecule has 0 unspecified atom stereocenters. The number of fused-ring (bicyclic) bond motifs is 1. The van der Waals surface area contributed by atoms with Crippen LogP contribution in [0.5, 0.6) is 0 Å². The summed E-state index contributed by atoms with van der Waals surface area (Å²) in [6.07, 6.45) is 3.32. The molecule has 118 valence electrons. The van der Waals surface area contributed by atoms with Crippen molar-refractivity contribution < 1.29 is 0 Å². The molecule has 2 aromatic heterocycles. The largest absolute Gasteiger partial charge is 0.314 e. The molecule has 4 rings (SSSR count). The first-order valence-corrected chi connectivity index (χ1v) is 7.78. The Balaban J connectivity index is 1.84. The van der Waals surface area contributed by atoms with E-state index in [1.807, 2.05) is 29.8 Å². The third-order valence-corrected chi connectivity index (χ3v) is 4.08. The van der Waals surface area contributed by atoms with Crippen molar-refractivity contribution in [3.05, 3.63) is 42.9 Å². The molecule has 1 fully saturated rings. The summed E-state index contributed by atoms with van der Waals surface area (Å²) in [5, 5.41) is 7.90. The average Bonchev–Trinajstić information content (AvgIpc) is 2.94. The van der Waals surface area contributed by atoms with Gasteiger partial charge < -0.3 is 5.32 Å². The van der Waals surface area contributed by atoms with E-state index in [0.29, 0.717) is 0 Å². The molecule has 0 atom stereocenters. The fraction of sp³-hybridized carbons (Fsp3) is 0.312. The second kappa shape index (κ2) is 5.94. The van der Waals surface area contributed by atoms with E-state index >= 15 is 0 Å². The van der Waals surface area contributed by atoms with Gasteiger partial charge in [0.15, 0.2) is 5.65 Å². The quantitative estimate of drug-likeness (QED) is 0.787. The minimum absolute atomic E-state index is 0.807. The highest BCUT2D eigenvalue weighted by Gasteiger charge is 2.25. The molecule has 7 heteroatoms. The Morgan fingerprint density at radius 1 is 1.13 bits per heavy atom. The van der Waals surface area contributed by atoms with Crippen LogP contribution >= 0.6 is 0 Å². The van der Waals surface area contributed by atoms with Crippen LogP contribution in [0, 0.1) is 0 Å². The summed E-state index contributed by atoms with van der Waals surface area (Å²) in [7, 11) is 2.00. The number of hydrazine groups is 1. The molecule has 0 radical (unpaired) electrons. The lowest BCUT2D eigenvalue weighted by Crippen LogP contribution is -2.51. The van der Waals surface area contributed by atoms with Crippen molar-refractivity contribution in [1.29, 1.82) is 0 Å². The molecule has 1 N–H and O–H groups in total. The molecule has 1 aliphatic heterocycles. The van der Waals surface area contributed by atoms with Crippen molar-refractivity contribution in [3.8, 4) is 0 Å². The van der Waals surface area contributed by atoms with Gasteiger partial charge in [0.25, 0.3) is 0 Å². The first kappa shape index (κ1) is 14.1. The molecule has 23 heavy (non-hydrogen) atoms. The summed E-state index contributed by atoms with van der Waals surface area (Å²) >= 11 is 0. The molecule has 1 aliphatic rings. The lowest BCUT2D eigenvalue weighted by Gasteiger charge is -2.38. The minimum Gasteiger partial charge on any atom is -0.314 e. The first-order chi connectivity index (χ1) is 11.3. The number of nitrogens with one attached hydrogen (secondary N) is 1. The molecular formula is C16H19N7. The number of benzene rings is 1. The average molecular weight is 309 g/mol. The van der Waals surface area contributed by atoms with Gasteiger partial charge >= 0.3 is 0 Å². The summed E-state index contributed by atoms with van der Waals surface area (Å²) in [6, 6.07) is 10.3. The summed E-state index contributed by atoms with van der Waals surface area (Å²) in [6.45, 7) is 3.80. The van der Waals surface area contributed by atoms with Gasteiger partial charge in [-0.1, -0.05) is 18.2 Å². The number of aryl methyl sites for hydroxylation is 1. The number of para-hydroxylation sites is 1. The lowest BCUT2D eigenvalue weighted by molar-refractivity contribution is 0.239. The zero-order chi connectivity index (χ0) is 15.6. The van der Waals surface area contributed by atoms with Crippen molar-refractivity contribution in [2.75, 3.05) is 31.2 Å². The highest BCUT2D eigenvalue weighted by molar-refractivity contribution is 5.75. The van der Waals surface area contributed by atoms with Crippen molar-refractivity contribution >= 4 is 22.8 Å². The van der Waals surface area contributed by atoms with Crippen molar-refractivity contribution in [1.82, 2.24) is 29.8 Å². The van der Waals surface area contributed by atoms with E-state index in [1.165, 1.54) is 0 Å². The van der Waals surface area contributed by atoms with Gasteiger partial charge in [0.05, 0.1) is 11.9 Å². The van der Waals surface area contributed by atoms with E-state index in [2.05, 4.69) is 37.4 Å². The van der Waals surface area contributed by atoms with E-state index in [9.17, 15) is 0 Å². The van der Waals surface area contributed by atoms with Crippen molar-refractivity contribution in [2.24, 2.45) is 7.05 Å². The molecule has 0 spiro atoms. The lowest BCUT2D eigenvalue weighted by atomic mass is 10.3. The fourth-order valence-corrected chi connectivity index (χ4v) is 2.95. The van der Waals surface area contributed by atoms with Gasteiger partial charge in [-0.2, -0.15) is 0 Å². The van der Waals surface area contributed by atoms with E-state index in [0.717, 1.165) is 49.0 Å². The Morgan fingerprint density at radius 3 is 2.65 bits per heavy atom. The number of imidazole rings is 1. The topological polar surface area (TPSA) is 62.1 Å². The van der Waals surface area contributed by atoms with Gasteiger partial charge in [-0.25, -0.2) is 25.0 Å². The van der Waals surface area contributed by atoms with Crippen LogP contribution in [0.4, 0.5) is 11.6 Å². The Hall–Kier alpha value is -2.51. The number of aromatic nitrogens is 4. The zero-order valence-corrected chi connectivity index (χ0v) is 13.1. The standard InChI is InChI=1S/C16H19N7/c1-21-15-14(11-18-12-19-15)20-16(21)23(13-5-3-2-4-6-13)22-9-7-17-8-10-22/h2-6,11-12,17H,7-10H2,1H3. The number of hydrogen-bond acceptors (Lipinski definition) is 6. The minimum atomic E-state index is 0.807. The Morgan fingerprint density at radius 2 is 1.91 bits per heavy atom. The summed E-state index contributed by atoms with van der Waals surface area (Å²) in [4.78, 5) is 13.2. The van der Waals surface area contributed by atoms with Gasteiger partial charge in [-0.3, -0.25) is 4.57 Å². The SMILES string of the molecule is Cn1c(N(c2ccccc2)N2CCNCC2)nc2cncnc21. The van der Waals surface area contributed by atoms with Crippen LogP contribution < -0.4 is 10.3 Å².